The van der Waals surface area contributed by atoms with Crippen LogP contribution in [0.15, 0.2) is 41.6 Å². The fourth-order valence-electron chi connectivity index (χ4n) is 3.03. The summed E-state index contributed by atoms with van der Waals surface area (Å²) in [7, 11) is 0. The summed E-state index contributed by atoms with van der Waals surface area (Å²) in [5.41, 5.74) is 1.73. The SMILES string of the molecule is CCSCC1=C(C(=O)O)N2C(=O)C(NC(=O)Cc3ccccc3)[C@H]2SC1. The second-order valence-electron chi connectivity index (χ2n) is 6.01. The van der Waals surface area contributed by atoms with E-state index in [4.69, 9.17) is 0 Å². The fraction of sp³-hybridized carbons (Fsp3) is 0.389. The number of nitrogens with one attached hydrogen (secondary N) is 1. The van der Waals surface area contributed by atoms with Crippen LogP contribution >= 0.6 is 23.5 Å². The minimum Gasteiger partial charge on any atom is -0.477 e. The van der Waals surface area contributed by atoms with E-state index >= 15 is 0 Å². The summed E-state index contributed by atoms with van der Waals surface area (Å²) in [6.07, 6.45) is 0.196. The first kappa shape index (κ1) is 18.8. The molecule has 1 unspecified atom stereocenters. The Bertz CT molecular complexity index is 751. The summed E-state index contributed by atoms with van der Waals surface area (Å²) in [5.74, 6) is 0.393. The van der Waals surface area contributed by atoms with Crippen molar-refractivity contribution in [3.05, 3.63) is 47.2 Å². The van der Waals surface area contributed by atoms with Crippen molar-refractivity contribution in [2.45, 2.75) is 24.8 Å². The van der Waals surface area contributed by atoms with Crippen LogP contribution in [0.2, 0.25) is 0 Å². The Balaban J connectivity index is 1.68. The number of aliphatic carboxylic acids is 1. The number of rotatable bonds is 7. The number of fused-ring (bicyclic) bond motifs is 1. The summed E-state index contributed by atoms with van der Waals surface area (Å²) in [4.78, 5) is 37.8. The maximum absolute atomic E-state index is 12.5. The van der Waals surface area contributed by atoms with E-state index in [2.05, 4.69) is 5.32 Å². The van der Waals surface area contributed by atoms with Gasteiger partial charge in [-0.3, -0.25) is 14.5 Å². The zero-order valence-corrected chi connectivity index (χ0v) is 15.9. The first-order chi connectivity index (χ1) is 12.5. The molecule has 2 heterocycles. The van der Waals surface area contributed by atoms with Gasteiger partial charge in [-0.1, -0.05) is 37.3 Å². The lowest BCUT2D eigenvalue weighted by Gasteiger charge is -2.49. The van der Waals surface area contributed by atoms with E-state index in [0.29, 0.717) is 11.5 Å². The van der Waals surface area contributed by atoms with E-state index < -0.39 is 12.0 Å². The molecule has 138 valence electrons. The molecule has 2 amide bonds. The number of amides is 2. The van der Waals surface area contributed by atoms with Crippen molar-refractivity contribution < 1.29 is 19.5 Å². The van der Waals surface area contributed by atoms with Crippen LogP contribution in [0.25, 0.3) is 0 Å². The molecule has 0 bridgehead atoms. The molecule has 0 aromatic heterocycles. The van der Waals surface area contributed by atoms with Gasteiger partial charge in [0.1, 0.15) is 17.1 Å². The van der Waals surface area contributed by atoms with E-state index in [1.54, 1.807) is 11.8 Å². The number of thioether (sulfide) groups is 2. The van der Waals surface area contributed by atoms with Crippen LogP contribution in [0.4, 0.5) is 0 Å². The van der Waals surface area contributed by atoms with E-state index in [9.17, 15) is 19.5 Å². The highest BCUT2D eigenvalue weighted by Crippen LogP contribution is 2.41. The average Bonchev–Trinajstić information content (AvgIpc) is 2.64. The van der Waals surface area contributed by atoms with Crippen molar-refractivity contribution in [1.29, 1.82) is 0 Å². The molecule has 2 aliphatic rings. The van der Waals surface area contributed by atoms with Gasteiger partial charge < -0.3 is 10.4 Å². The summed E-state index contributed by atoms with van der Waals surface area (Å²) < 4.78 is 0. The highest BCUT2D eigenvalue weighted by Gasteiger charge is 2.54. The summed E-state index contributed by atoms with van der Waals surface area (Å²) in [5, 5.41) is 12.0. The van der Waals surface area contributed by atoms with E-state index in [-0.39, 0.29) is 29.3 Å². The third-order valence-electron chi connectivity index (χ3n) is 4.25. The van der Waals surface area contributed by atoms with Gasteiger partial charge in [0.2, 0.25) is 5.91 Å². The number of hydrogen-bond donors (Lipinski definition) is 2. The molecule has 6 nitrogen and oxygen atoms in total. The second-order valence-corrected chi connectivity index (χ2v) is 8.39. The highest BCUT2D eigenvalue weighted by molar-refractivity contribution is 8.01. The minimum absolute atomic E-state index is 0.0910. The van der Waals surface area contributed by atoms with Crippen molar-refractivity contribution in [1.82, 2.24) is 10.2 Å². The maximum Gasteiger partial charge on any atom is 0.352 e. The van der Waals surface area contributed by atoms with Gasteiger partial charge >= 0.3 is 5.97 Å². The highest BCUT2D eigenvalue weighted by atomic mass is 32.2. The molecular weight excluding hydrogens is 372 g/mol. The molecule has 2 atom stereocenters. The molecule has 0 spiro atoms. The number of nitrogens with zero attached hydrogens (tertiary/aromatic N) is 1. The maximum atomic E-state index is 12.5. The molecule has 2 N–H and O–H groups in total. The van der Waals surface area contributed by atoms with Gasteiger partial charge in [0.25, 0.3) is 5.91 Å². The molecule has 1 saturated heterocycles. The fourth-order valence-corrected chi connectivity index (χ4v) is 5.19. The van der Waals surface area contributed by atoms with Crippen LogP contribution in [0.5, 0.6) is 0 Å². The lowest BCUT2D eigenvalue weighted by Crippen LogP contribution is -2.70. The van der Waals surface area contributed by atoms with Crippen molar-refractivity contribution in [2.75, 3.05) is 17.3 Å². The zero-order valence-electron chi connectivity index (χ0n) is 14.3. The number of carbonyl (C=O) groups is 3. The van der Waals surface area contributed by atoms with Gasteiger partial charge in [-0.2, -0.15) is 11.8 Å². The molecule has 3 rings (SSSR count). The number of β-lactam (4-membered cyclic amide) rings is 1. The first-order valence-corrected chi connectivity index (χ1v) is 10.5. The van der Waals surface area contributed by atoms with E-state index in [1.165, 1.54) is 16.7 Å². The van der Waals surface area contributed by atoms with Gasteiger partial charge in [0.15, 0.2) is 0 Å². The summed E-state index contributed by atoms with van der Waals surface area (Å²) in [6, 6.07) is 8.64. The lowest BCUT2D eigenvalue weighted by molar-refractivity contribution is -0.150. The molecule has 0 radical (unpaired) electrons. The Morgan fingerprint density at radius 2 is 2.08 bits per heavy atom. The average molecular weight is 393 g/mol. The molecule has 1 aromatic carbocycles. The number of carboxylic acids is 1. The van der Waals surface area contributed by atoms with Crippen molar-refractivity contribution in [3.8, 4) is 0 Å². The molecule has 26 heavy (non-hydrogen) atoms. The quantitative estimate of drug-likeness (QED) is 0.687. The van der Waals surface area contributed by atoms with Crippen LogP contribution in [0.1, 0.15) is 12.5 Å². The standard InChI is InChI=1S/C18H20N2O4S2/c1-2-25-9-12-10-26-17-14(16(22)20(17)15(12)18(23)24)19-13(21)8-11-6-4-3-5-7-11/h3-7,14,17H,2,8-10H2,1H3,(H,19,21)(H,23,24)/t14?,17-/m1/s1. The Kier molecular flexibility index (Phi) is 5.93. The van der Waals surface area contributed by atoms with Crippen molar-refractivity contribution in [2.24, 2.45) is 0 Å². The third-order valence-corrected chi connectivity index (χ3v) is 6.55. The number of carboxylic acid groups (broad SMARTS) is 1. The first-order valence-electron chi connectivity index (χ1n) is 8.34. The van der Waals surface area contributed by atoms with Gasteiger partial charge in [-0.05, 0) is 16.9 Å². The molecule has 2 aliphatic heterocycles. The van der Waals surface area contributed by atoms with Crippen molar-refractivity contribution in [3.63, 3.8) is 0 Å². The monoisotopic (exact) mass is 392 g/mol. The van der Waals surface area contributed by atoms with Crippen LogP contribution in [-0.4, -0.2) is 56.5 Å². The summed E-state index contributed by atoms with van der Waals surface area (Å²) in [6.45, 7) is 2.01. The van der Waals surface area contributed by atoms with Crippen LogP contribution < -0.4 is 5.32 Å². The molecule has 0 aliphatic carbocycles. The Labute approximate surface area is 160 Å². The normalized spacial score (nSPS) is 21.9. The van der Waals surface area contributed by atoms with Gasteiger partial charge in [0, 0.05) is 11.5 Å². The summed E-state index contributed by atoms with van der Waals surface area (Å²) >= 11 is 3.14. The van der Waals surface area contributed by atoms with Crippen molar-refractivity contribution >= 4 is 41.3 Å². The zero-order chi connectivity index (χ0) is 18.7. The smallest absolute Gasteiger partial charge is 0.352 e. The Hall–Kier alpha value is -1.93. The molecular formula is C18H20N2O4S2. The third kappa shape index (κ3) is 3.76. The number of benzene rings is 1. The predicted molar refractivity (Wildman–Crippen MR) is 103 cm³/mol. The molecule has 0 saturated carbocycles. The molecule has 1 aromatic rings. The van der Waals surface area contributed by atoms with Crippen LogP contribution in [0, 0.1) is 0 Å². The second kappa shape index (κ2) is 8.18. The predicted octanol–water partition coefficient (Wildman–Crippen LogP) is 1.72. The number of carbonyl (C=O) groups excluding carboxylic acids is 2. The minimum atomic E-state index is -1.08. The molecule has 1 fully saturated rings. The Morgan fingerprint density at radius 3 is 2.73 bits per heavy atom. The molecule has 8 heteroatoms. The van der Waals surface area contributed by atoms with Crippen LogP contribution in [-0.2, 0) is 20.8 Å². The van der Waals surface area contributed by atoms with Gasteiger partial charge in [-0.25, -0.2) is 4.79 Å². The van der Waals surface area contributed by atoms with Crippen LogP contribution in [0.3, 0.4) is 0 Å². The topological polar surface area (TPSA) is 86.7 Å². The largest absolute Gasteiger partial charge is 0.477 e. The van der Waals surface area contributed by atoms with Gasteiger partial charge in [-0.15, -0.1) is 11.8 Å². The van der Waals surface area contributed by atoms with E-state index in [0.717, 1.165) is 16.9 Å². The lowest BCUT2D eigenvalue weighted by atomic mass is 10.0. The van der Waals surface area contributed by atoms with E-state index in [1.807, 2.05) is 37.3 Å². The Morgan fingerprint density at radius 1 is 1.35 bits per heavy atom. The van der Waals surface area contributed by atoms with Gasteiger partial charge in [0.05, 0.1) is 6.42 Å². The number of hydrogen-bond acceptors (Lipinski definition) is 5.